The van der Waals surface area contributed by atoms with Crippen LogP contribution in [0, 0.1) is 0 Å². The number of hydrogen-bond acceptors (Lipinski definition) is 4. The molecule has 0 N–H and O–H groups in total. The lowest BCUT2D eigenvalue weighted by Crippen LogP contribution is -2.10. The fraction of sp³-hybridized carbons (Fsp3) is 0.294. The molecule has 1 aromatic carbocycles. The van der Waals surface area contributed by atoms with Gasteiger partial charge in [0.05, 0.1) is 29.0 Å². The number of para-hydroxylation sites is 1. The van der Waals surface area contributed by atoms with Crippen LogP contribution in [0.2, 0.25) is 5.02 Å². The molecule has 23 heavy (non-hydrogen) atoms. The summed E-state index contributed by atoms with van der Waals surface area (Å²) in [5.41, 5.74) is 2.04. The first-order chi connectivity index (χ1) is 11.2. The number of pyridine rings is 1. The largest absolute Gasteiger partial charge is 0.490 e. The van der Waals surface area contributed by atoms with Crippen molar-refractivity contribution < 1.29 is 4.74 Å². The first-order valence-electron chi connectivity index (χ1n) is 7.58. The molecular formula is C17H17ClN4O. The number of aryl methyl sites for hydroxylation is 1. The summed E-state index contributed by atoms with van der Waals surface area (Å²) in [4.78, 5) is 6.75. The van der Waals surface area contributed by atoms with Crippen molar-refractivity contribution in [1.29, 1.82) is 0 Å². The normalized spacial score (nSPS) is 19.9. The standard InChI is InChI=1S/C17H17ClN4O/c1-21-8-12(6-20-21)9-22-10-14(22)11-23-15-5-13-3-2-4-16(18)17(13)19-7-15/h2-8,14H,9-11H2,1H3. The van der Waals surface area contributed by atoms with Crippen LogP contribution in [0.15, 0.2) is 42.9 Å². The summed E-state index contributed by atoms with van der Waals surface area (Å²) in [6, 6.07) is 8.21. The van der Waals surface area contributed by atoms with E-state index >= 15 is 0 Å². The van der Waals surface area contributed by atoms with E-state index in [0.29, 0.717) is 17.7 Å². The maximum Gasteiger partial charge on any atom is 0.138 e. The van der Waals surface area contributed by atoms with Crippen molar-refractivity contribution in [2.24, 2.45) is 7.05 Å². The molecule has 1 aliphatic rings. The topological polar surface area (TPSA) is 43.0 Å². The van der Waals surface area contributed by atoms with Crippen LogP contribution in [0.1, 0.15) is 5.56 Å². The van der Waals surface area contributed by atoms with E-state index in [1.165, 1.54) is 5.56 Å². The third-order valence-corrected chi connectivity index (χ3v) is 4.36. The van der Waals surface area contributed by atoms with Gasteiger partial charge in [-0.1, -0.05) is 23.7 Å². The van der Waals surface area contributed by atoms with E-state index in [2.05, 4.69) is 15.0 Å². The minimum Gasteiger partial charge on any atom is -0.490 e. The molecule has 2 unspecified atom stereocenters. The van der Waals surface area contributed by atoms with E-state index in [1.54, 1.807) is 6.20 Å². The van der Waals surface area contributed by atoms with Gasteiger partial charge in [-0.15, -0.1) is 0 Å². The summed E-state index contributed by atoms with van der Waals surface area (Å²) in [6.45, 7) is 2.66. The average molecular weight is 329 g/mol. The second-order valence-corrected chi connectivity index (χ2v) is 6.31. The number of halogens is 1. The Kier molecular flexibility index (Phi) is 3.67. The second-order valence-electron chi connectivity index (χ2n) is 5.90. The van der Waals surface area contributed by atoms with Gasteiger partial charge in [-0.05, 0) is 12.1 Å². The molecule has 118 valence electrons. The van der Waals surface area contributed by atoms with Crippen LogP contribution in [0.25, 0.3) is 10.9 Å². The van der Waals surface area contributed by atoms with Crippen molar-refractivity contribution in [2.75, 3.05) is 13.2 Å². The Morgan fingerprint density at radius 1 is 1.35 bits per heavy atom. The molecule has 4 rings (SSSR count). The smallest absolute Gasteiger partial charge is 0.138 e. The van der Waals surface area contributed by atoms with Gasteiger partial charge >= 0.3 is 0 Å². The molecule has 3 heterocycles. The van der Waals surface area contributed by atoms with Gasteiger partial charge in [0.15, 0.2) is 0 Å². The Hall–Kier alpha value is -2.11. The molecule has 5 nitrogen and oxygen atoms in total. The maximum absolute atomic E-state index is 6.13. The predicted octanol–water partition coefficient (Wildman–Crippen LogP) is 2.88. The number of hydrogen-bond donors (Lipinski definition) is 0. The van der Waals surface area contributed by atoms with E-state index < -0.39 is 0 Å². The van der Waals surface area contributed by atoms with Gasteiger partial charge < -0.3 is 4.74 Å². The minimum atomic E-state index is 0.463. The Bertz CT molecular complexity index is 847. The molecule has 0 amide bonds. The lowest BCUT2D eigenvalue weighted by atomic mass is 10.2. The molecule has 2 aromatic heterocycles. The van der Waals surface area contributed by atoms with Crippen LogP contribution in [0.5, 0.6) is 5.75 Å². The first kappa shape index (κ1) is 14.5. The van der Waals surface area contributed by atoms with E-state index in [9.17, 15) is 0 Å². The first-order valence-corrected chi connectivity index (χ1v) is 7.95. The third-order valence-electron chi connectivity index (χ3n) is 4.05. The zero-order valence-corrected chi connectivity index (χ0v) is 13.6. The van der Waals surface area contributed by atoms with Crippen molar-refractivity contribution in [2.45, 2.75) is 12.6 Å². The van der Waals surface area contributed by atoms with E-state index in [-0.39, 0.29) is 0 Å². The van der Waals surface area contributed by atoms with Crippen molar-refractivity contribution in [3.05, 3.63) is 53.4 Å². The lowest BCUT2D eigenvalue weighted by Gasteiger charge is -2.07. The highest BCUT2D eigenvalue weighted by atomic mass is 35.5. The van der Waals surface area contributed by atoms with Crippen LogP contribution < -0.4 is 4.74 Å². The van der Waals surface area contributed by atoms with Gasteiger partial charge in [-0.3, -0.25) is 14.6 Å². The average Bonchev–Trinajstić information content (AvgIpc) is 3.15. The van der Waals surface area contributed by atoms with Gasteiger partial charge in [0, 0.05) is 37.3 Å². The monoisotopic (exact) mass is 328 g/mol. The molecule has 6 heteroatoms. The second kappa shape index (κ2) is 5.83. The summed E-state index contributed by atoms with van der Waals surface area (Å²) in [6.07, 6.45) is 5.70. The van der Waals surface area contributed by atoms with Crippen molar-refractivity contribution in [3.8, 4) is 5.75 Å². The molecule has 1 saturated heterocycles. The maximum atomic E-state index is 6.13. The molecule has 2 atom stereocenters. The Morgan fingerprint density at radius 2 is 2.26 bits per heavy atom. The van der Waals surface area contributed by atoms with Crippen molar-refractivity contribution in [3.63, 3.8) is 0 Å². The molecule has 0 radical (unpaired) electrons. The summed E-state index contributed by atoms with van der Waals surface area (Å²) >= 11 is 6.13. The summed E-state index contributed by atoms with van der Waals surface area (Å²) in [5.74, 6) is 0.785. The zero-order valence-electron chi connectivity index (χ0n) is 12.8. The van der Waals surface area contributed by atoms with E-state index in [4.69, 9.17) is 16.3 Å². The van der Waals surface area contributed by atoms with E-state index in [1.807, 2.05) is 48.4 Å². The molecule has 0 aliphatic carbocycles. The highest BCUT2D eigenvalue weighted by Gasteiger charge is 2.34. The van der Waals surface area contributed by atoms with Gasteiger partial charge in [-0.2, -0.15) is 5.10 Å². The van der Waals surface area contributed by atoms with Gasteiger partial charge in [0.2, 0.25) is 0 Å². The predicted molar refractivity (Wildman–Crippen MR) is 89.7 cm³/mol. The molecule has 0 saturated carbocycles. The number of benzene rings is 1. The third kappa shape index (κ3) is 3.16. The number of rotatable bonds is 5. The molecule has 3 aromatic rings. The van der Waals surface area contributed by atoms with Crippen LogP contribution in [-0.2, 0) is 13.6 Å². The lowest BCUT2D eigenvalue weighted by molar-refractivity contribution is 0.292. The van der Waals surface area contributed by atoms with Crippen molar-refractivity contribution >= 4 is 22.5 Å². The van der Waals surface area contributed by atoms with Gasteiger partial charge in [-0.25, -0.2) is 0 Å². The molecular weight excluding hydrogens is 312 g/mol. The number of fused-ring (bicyclic) bond motifs is 1. The molecule has 0 spiro atoms. The highest BCUT2D eigenvalue weighted by Crippen LogP contribution is 2.26. The summed E-state index contributed by atoms with van der Waals surface area (Å²) in [5, 5.41) is 5.86. The highest BCUT2D eigenvalue weighted by molar-refractivity contribution is 6.35. The fourth-order valence-corrected chi connectivity index (χ4v) is 2.97. The molecule has 1 aliphatic heterocycles. The number of aromatic nitrogens is 3. The quantitative estimate of drug-likeness (QED) is 0.675. The van der Waals surface area contributed by atoms with Crippen LogP contribution >= 0.6 is 11.6 Å². The summed E-state index contributed by atoms with van der Waals surface area (Å²) < 4.78 is 7.71. The number of nitrogens with zero attached hydrogens (tertiary/aromatic N) is 4. The SMILES string of the molecule is Cn1cc(CN2CC2COc2cnc3c(Cl)cccc3c2)cn1. The van der Waals surface area contributed by atoms with E-state index in [0.717, 1.165) is 29.7 Å². The molecule has 0 bridgehead atoms. The van der Waals surface area contributed by atoms with Crippen LogP contribution in [0.4, 0.5) is 0 Å². The Morgan fingerprint density at radius 3 is 3.09 bits per heavy atom. The number of ether oxygens (including phenoxy) is 1. The van der Waals surface area contributed by atoms with Gasteiger partial charge in [0.25, 0.3) is 0 Å². The zero-order chi connectivity index (χ0) is 15.8. The van der Waals surface area contributed by atoms with Crippen LogP contribution in [0.3, 0.4) is 0 Å². The summed E-state index contributed by atoms with van der Waals surface area (Å²) in [7, 11) is 1.94. The fourth-order valence-electron chi connectivity index (χ4n) is 2.74. The minimum absolute atomic E-state index is 0.463. The Labute approximate surface area is 139 Å². The Balaban J connectivity index is 1.35. The van der Waals surface area contributed by atoms with Crippen LogP contribution in [-0.4, -0.2) is 38.9 Å². The van der Waals surface area contributed by atoms with Crippen molar-refractivity contribution in [1.82, 2.24) is 19.7 Å². The molecule has 1 fully saturated rings. The van der Waals surface area contributed by atoms with Gasteiger partial charge in [0.1, 0.15) is 12.4 Å².